The van der Waals surface area contributed by atoms with Gasteiger partial charge in [-0.2, -0.15) is 0 Å². The van der Waals surface area contributed by atoms with Crippen molar-refractivity contribution in [3.8, 4) is 0 Å². The molecule has 0 atom stereocenters. The molecule has 1 fully saturated rings. The summed E-state index contributed by atoms with van der Waals surface area (Å²) in [6.07, 6.45) is 6.37. The summed E-state index contributed by atoms with van der Waals surface area (Å²) in [5.74, 6) is 0. The third-order valence-electron chi connectivity index (χ3n) is 2.67. The Morgan fingerprint density at radius 2 is 2.20 bits per heavy atom. The Labute approximate surface area is 91.1 Å². The normalized spacial score (nSPS) is 21.8. The molecule has 2 heterocycles. The number of hydrogen-bond acceptors (Lipinski definition) is 4. The summed E-state index contributed by atoms with van der Waals surface area (Å²) in [5, 5.41) is 5.22. The zero-order chi connectivity index (χ0) is 10.5. The van der Waals surface area contributed by atoms with E-state index in [1.54, 1.807) is 0 Å². The molecule has 84 valence electrons. The van der Waals surface area contributed by atoms with E-state index in [4.69, 9.17) is 4.84 Å². The summed E-state index contributed by atoms with van der Waals surface area (Å²) >= 11 is 0. The van der Waals surface area contributed by atoms with Crippen LogP contribution >= 0.6 is 0 Å². The Bertz CT molecular complexity index is 257. The number of hydrogen-bond donors (Lipinski definition) is 1. The van der Waals surface area contributed by atoms with Crippen LogP contribution in [0.15, 0.2) is 24.0 Å². The van der Waals surface area contributed by atoms with Gasteiger partial charge < -0.3 is 10.2 Å². The van der Waals surface area contributed by atoms with E-state index in [2.05, 4.69) is 22.4 Å². The van der Waals surface area contributed by atoms with Gasteiger partial charge in [0.1, 0.15) is 0 Å². The molecular formula is C11H19N3O. The zero-order valence-electron chi connectivity index (χ0n) is 9.28. The van der Waals surface area contributed by atoms with Gasteiger partial charge in [0.25, 0.3) is 0 Å². The molecule has 2 aliphatic heterocycles. The average molecular weight is 209 g/mol. The lowest BCUT2D eigenvalue weighted by molar-refractivity contribution is -0.108. The molecule has 2 aliphatic rings. The van der Waals surface area contributed by atoms with Crippen LogP contribution < -0.4 is 5.32 Å². The molecule has 0 radical (unpaired) electrons. The molecule has 4 nitrogen and oxygen atoms in total. The molecule has 0 aliphatic carbocycles. The number of allylic oxidation sites excluding steroid dienone is 1. The summed E-state index contributed by atoms with van der Waals surface area (Å²) in [6.45, 7) is 7.95. The van der Waals surface area contributed by atoms with Gasteiger partial charge in [0.2, 0.25) is 0 Å². The first-order valence-corrected chi connectivity index (χ1v) is 5.63. The highest BCUT2D eigenvalue weighted by atomic mass is 16.7. The fourth-order valence-electron chi connectivity index (χ4n) is 1.89. The van der Waals surface area contributed by atoms with Gasteiger partial charge in [-0.1, -0.05) is 0 Å². The van der Waals surface area contributed by atoms with Crippen molar-refractivity contribution in [3.63, 3.8) is 0 Å². The standard InChI is InChI=1S/C11H19N3O/c1-2-15-14-7-3-11(4-8-14)13-9-5-12-6-10-13/h3-4,7,12H,2,5-6,8-10H2,1H3. The molecule has 0 amide bonds. The average Bonchev–Trinajstić information content (AvgIpc) is 2.32. The molecule has 0 unspecified atom stereocenters. The van der Waals surface area contributed by atoms with Crippen molar-refractivity contribution in [2.45, 2.75) is 6.92 Å². The van der Waals surface area contributed by atoms with Crippen molar-refractivity contribution in [1.29, 1.82) is 0 Å². The molecule has 0 aromatic carbocycles. The number of rotatable bonds is 3. The van der Waals surface area contributed by atoms with E-state index >= 15 is 0 Å². The van der Waals surface area contributed by atoms with Crippen molar-refractivity contribution in [3.05, 3.63) is 24.0 Å². The topological polar surface area (TPSA) is 27.7 Å². The Kier molecular flexibility index (Phi) is 3.64. The second-order valence-corrected chi connectivity index (χ2v) is 3.70. The molecule has 0 spiro atoms. The van der Waals surface area contributed by atoms with Gasteiger partial charge in [0, 0.05) is 38.1 Å². The lowest BCUT2D eigenvalue weighted by atomic mass is 10.2. The highest BCUT2D eigenvalue weighted by Gasteiger charge is 2.13. The second kappa shape index (κ2) is 5.19. The largest absolute Gasteiger partial charge is 0.369 e. The van der Waals surface area contributed by atoms with E-state index in [1.807, 2.05) is 18.2 Å². The minimum atomic E-state index is 0.723. The summed E-state index contributed by atoms with van der Waals surface area (Å²) in [7, 11) is 0. The molecule has 0 saturated carbocycles. The van der Waals surface area contributed by atoms with Crippen LogP contribution in [0.2, 0.25) is 0 Å². The van der Waals surface area contributed by atoms with Crippen molar-refractivity contribution in [2.24, 2.45) is 0 Å². The van der Waals surface area contributed by atoms with E-state index in [-0.39, 0.29) is 0 Å². The predicted molar refractivity (Wildman–Crippen MR) is 60.0 cm³/mol. The van der Waals surface area contributed by atoms with Crippen LogP contribution in [0.25, 0.3) is 0 Å². The fourth-order valence-corrected chi connectivity index (χ4v) is 1.89. The van der Waals surface area contributed by atoms with Gasteiger partial charge in [0.15, 0.2) is 0 Å². The van der Waals surface area contributed by atoms with Gasteiger partial charge in [-0.15, -0.1) is 0 Å². The van der Waals surface area contributed by atoms with Crippen LogP contribution in [0.4, 0.5) is 0 Å². The maximum absolute atomic E-state index is 5.39. The molecule has 0 bridgehead atoms. The molecule has 1 saturated heterocycles. The third-order valence-corrected chi connectivity index (χ3v) is 2.67. The van der Waals surface area contributed by atoms with Crippen LogP contribution in [-0.4, -0.2) is 49.3 Å². The Hall–Kier alpha value is -1.00. The summed E-state index contributed by atoms with van der Waals surface area (Å²) < 4.78 is 0. The Morgan fingerprint density at radius 3 is 2.80 bits per heavy atom. The Morgan fingerprint density at radius 1 is 1.40 bits per heavy atom. The van der Waals surface area contributed by atoms with E-state index in [1.165, 1.54) is 5.70 Å². The number of nitrogens with zero attached hydrogens (tertiary/aromatic N) is 2. The molecule has 1 N–H and O–H groups in total. The molecule has 15 heavy (non-hydrogen) atoms. The number of hydroxylamine groups is 2. The lowest BCUT2D eigenvalue weighted by Gasteiger charge is -2.32. The first kappa shape index (κ1) is 10.5. The number of nitrogens with one attached hydrogen (secondary N) is 1. The van der Waals surface area contributed by atoms with Crippen LogP contribution in [0.1, 0.15) is 6.92 Å². The van der Waals surface area contributed by atoms with Crippen molar-refractivity contribution >= 4 is 0 Å². The van der Waals surface area contributed by atoms with E-state index in [0.29, 0.717) is 0 Å². The molecule has 0 aromatic rings. The summed E-state index contributed by atoms with van der Waals surface area (Å²) in [5.41, 5.74) is 1.33. The van der Waals surface area contributed by atoms with Gasteiger partial charge in [-0.3, -0.25) is 9.90 Å². The highest BCUT2D eigenvalue weighted by Crippen LogP contribution is 2.12. The van der Waals surface area contributed by atoms with E-state index in [0.717, 1.165) is 39.3 Å². The minimum Gasteiger partial charge on any atom is -0.369 e. The second-order valence-electron chi connectivity index (χ2n) is 3.70. The smallest absolute Gasteiger partial charge is 0.0720 e. The third kappa shape index (κ3) is 2.73. The molecule has 4 heteroatoms. The Balaban J connectivity index is 1.87. The minimum absolute atomic E-state index is 0.723. The maximum atomic E-state index is 5.39. The first-order valence-electron chi connectivity index (χ1n) is 5.63. The van der Waals surface area contributed by atoms with Crippen molar-refractivity contribution < 1.29 is 4.84 Å². The van der Waals surface area contributed by atoms with Gasteiger partial charge >= 0.3 is 0 Å². The lowest BCUT2D eigenvalue weighted by Crippen LogP contribution is -2.43. The van der Waals surface area contributed by atoms with Gasteiger partial charge in [0.05, 0.1) is 13.2 Å². The first-order chi connectivity index (χ1) is 7.40. The van der Waals surface area contributed by atoms with Crippen LogP contribution in [0.5, 0.6) is 0 Å². The van der Waals surface area contributed by atoms with Gasteiger partial charge in [-0.25, -0.2) is 0 Å². The van der Waals surface area contributed by atoms with Gasteiger partial charge in [-0.05, 0) is 19.1 Å². The fraction of sp³-hybridized carbons (Fsp3) is 0.636. The van der Waals surface area contributed by atoms with E-state index < -0.39 is 0 Å². The van der Waals surface area contributed by atoms with Crippen molar-refractivity contribution in [1.82, 2.24) is 15.3 Å². The van der Waals surface area contributed by atoms with Crippen LogP contribution in [0.3, 0.4) is 0 Å². The summed E-state index contributed by atoms with van der Waals surface area (Å²) in [4.78, 5) is 7.80. The number of piperazine rings is 1. The highest BCUT2D eigenvalue weighted by molar-refractivity contribution is 5.21. The van der Waals surface area contributed by atoms with E-state index in [9.17, 15) is 0 Å². The van der Waals surface area contributed by atoms with Crippen molar-refractivity contribution in [2.75, 3.05) is 39.3 Å². The summed E-state index contributed by atoms with van der Waals surface area (Å²) in [6, 6.07) is 0. The SMILES string of the molecule is CCON1C=CC(N2CCNCC2)=CC1. The zero-order valence-corrected chi connectivity index (χ0v) is 9.28. The molecule has 0 aromatic heterocycles. The molecular weight excluding hydrogens is 190 g/mol. The monoisotopic (exact) mass is 209 g/mol. The van der Waals surface area contributed by atoms with Crippen LogP contribution in [0, 0.1) is 0 Å². The van der Waals surface area contributed by atoms with Crippen LogP contribution in [-0.2, 0) is 4.84 Å². The molecule has 2 rings (SSSR count). The predicted octanol–water partition coefficient (Wildman–Crippen LogP) is 0.556. The maximum Gasteiger partial charge on any atom is 0.0720 e. The quantitative estimate of drug-likeness (QED) is 0.735.